The van der Waals surface area contributed by atoms with Crippen LogP contribution in [-0.2, 0) is 11.3 Å². The molecule has 0 spiro atoms. The molecule has 0 fully saturated rings. The molecule has 100 valence electrons. The lowest BCUT2D eigenvalue weighted by Gasteiger charge is -2.21. The van der Waals surface area contributed by atoms with Crippen LogP contribution in [0.25, 0.3) is 10.8 Å². The molecule has 3 N–H and O–H groups in total. The molecule has 0 aliphatic rings. The number of nitrogens with two attached hydrogens (primary N) is 1. The van der Waals surface area contributed by atoms with E-state index in [2.05, 4.69) is 17.4 Å². The van der Waals surface area contributed by atoms with E-state index in [-0.39, 0.29) is 5.91 Å². The first-order chi connectivity index (χ1) is 9.17. The Labute approximate surface area is 113 Å². The zero-order valence-corrected chi connectivity index (χ0v) is 11.3. The minimum Gasteiger partial charge on any atom is -0.365 e. The van der Waals surface area contributed by atoms with Crippen molar-refractivity contribution in [3.63, 3.8) is 0 Å². The molecule has 0 unspecified atom stereocenters. The second-order valence-corrected chi connectivity index (χ2v) is 4.52. The number of likely N-dealkylation sites (N-methyl/N-ethyl adjacent to an activating group) is 2. The minimum atomic E-state index is -0.00511. The van der Waals surface area contributed by atoms with E-state index in [0.29, 0.717) is 13.1 Å². The molecule has 0 saturated heterocycles. The van der Waals surface area contributed by atoms with E-state index in [4.69, 9.17) is 5.73 Å². The fraction of sp³-hybridized carbons (Fsp3) is 0.267. The fourth-order valence-corrected chi connectivity index (χ4v) is 2.24. The van der Waals surface area contributed by atoms with Gasteiger partial charge in [0.1, 0.15) is 0 Å². The van der Waals surface area contributed by atoms with Crippen LogP contribution < -0.4 is 16.0 Å². The van der Waals surface area contributed by atoms with Gasteiger partial charge in [-0.3, -0.25) is 4.79 Å². The molecule has 2 aromatic carbocycles. The molecule has 2 rings (SSSR count). The monoisotopic (exact) mass is 257 g/mol. The van der Waals surface area contributed by atoms with E-state index in [1.54, 1.807) is 7.05 Å². The lowest BCUT2D eigenvalue weighted by molar-refractivity contribution is -0.119. The van der Waals surface area contributed by atoms with E-state index in [9.17, 15) is 4.79 Å². The lowest BCUT2D eigenvalue weighted by Crippen LogP contribution is -2.33. The number of benzene rings is 2. The Morgan fingerprint density at radius 2 is 1.89 bits per heavy atom. The lowest BCUT2D eigenvalue weighted by atomic mass is 10.0. The zero-order chi connectivity index (χ0) is 13.8. The normalized spacial score (nSPS) is 10.5. The van der Waals surface area contributed by atoms with Gasteiger partial charge in [0, 0.05) is 31.7 Å². The third kappa shape index (κ3) is 2.69. The molecule has 0 saturated carbocycles. The van der Waals surface area contributed by atoms with Gasteiger partial charge in [-0.25, -0.2) is 0 Å². The molecule has 4 heteroatoms. The Balaban J connectivity index is 2.47. The number of nitrogens with zero attached hydrogens (tertiary/aromatic N) is 1. The Morgan fingerprint density at radius 3 is 2.53 bits per heavy atom. The Kier molecular flexibility index (Phi) is 4.02. The highest BCUT2D eigenvalue weighted by Gasteiger charge is 2.10. The van der Waals surface area contributed by atoms with Crippen LogP contribution in [0.1, 0.15) is 5.56 Å². The van der Waals surface area contributed by atoms with Crippen molar-refractivity contribution in [2.75, 3.05) is 25.5 Å². The first-order valence-corrected chi connectivity index (χ1v) is 6.29. The third-order valence-electron chi connectivity index (χ3n) is 3.28. The summed E-state index contributed by atoms with van der Waals surface area (Å²) in [4.78, 5) is 13.4. The van der Waals surface area contributed by atoms with E-state index >= 15 is 0 Å². The summed E-state index contributed by atoms with van der Waals surface area (Å²) in [6, 6.07) is 12.2. The molecule has 0 radical (unpaired) electrons. The van der Waals surface area contributed by atoms with Gasteiger partial charge in [0.25, 0.3) is 0 Å². The van der Waals surface area contributed by atoms with Crippen LogP contribution in [-0.4, -0.2) is 26.5 Å². The second kappa shape index (κ2) is 5.71. The highest BCUT2D eigenvalue weighted by Crippen LogP contribution is 2.28. The Hall–Kier alpha value is -2.07. The van der Waals surface area contributed by atoms with Crippen molar-refractivity contribution >= 4 is 22.4 Å². The van der Waals surface area contributed by atoms with E-state index in [1.807, 2.05) is 36.2 Å². The molecular formula is C15H19N3O. The molecule has 0 atom stereocenters. The maximum Gasteiger partial charge on any atom is 0.239 e. The number of carbonyl (C=O) groups excluding carboxylic acids is 1. The molecule has 0 aromatic heterocycles. The average Bonchev–Trinajstić information content (AvgIpc) is 2.45. The number of anilines is 1. The molecule has 4 nitrogen and oxygen atoms in total. The van der Waals surface area contributed by atoms with Crippen LogP contribution in [0.3, 0.4) is 0 Å². The number of amides is 1. The first-order valence-electron chi connectivity index (χ1n) is 6.29. The number of fused-ring (bicyclic) bond motifs is 1. The van der Waals surface area contributed by atoms with Crippen LogP contribution >= 0.6 is 0 Å². The summed E-state index contributed by atoms with van der Waals surface area (Å²) in [7, 11) is 3.56. The molecule has 0 heterocycles. The van der Waals surface area contributed by atoms with Gasteiger partial charge in [-0.2, -0.15) is 0 Å². The summed E-state index contributed by atoms with van der Waals surface area (Å²) >= 11 is 0. The highest BCUT2D eigenvalue weighted by atomic mass is 16.1. The van der Waals surface area contributed by atoms with Crippen molar-refractivity contribution in [2.24, 2.45) is 5.73 Å². The summed E-state index contributed by atoms with van der Waals surface area (Å²) in [5.41, 5.74) is 7.92. The van der Waals surface area contributed by atoms with E-state index in [0.717, 1.165) is 22.0 Å². The summed E-state index contributed by atoms with van der Waals surface area (Å²) < 4.78 is 0. The number of rotatable bonds is 4. The van der Waals surface area contributed by atoms with Gasteiger partial charge in [-0.1, -0.05) is 30.3 Å². The summed E-state index contributed by atoms with van der Waals surface area (Å²) in [5, 5.41) is 4.90. The zero-order valence-electron chi connectivity index (χ0n) is 11.3. The standard InChI is InChI=1S/C15H19N3O/c1-17-15(19)10-18(2)14-8-7-11(9-16)12-5-3-4-6-13(12)14/h3-8H,9-10,16H2,1-2H3,(H,17,19). The molecule has 0 bridgehead atoms. The molecule has 0 aliphatic carbocycles. The van der Waals surface area contributed by atoms with Gasteiger partial charge in [-0.15, -0.1) is 0 Å². The molecule has 0 aliphatic heterocycles. The van der Waals surface area contributed by atoms with Gasteiger partial charge >= 0.3 is 0 Å². The van der Waals surface area contributed by atoms with Crippen LogP contribution in [0, 0.1) is 0 Å². The number of hydrogen-bond acceptors (Lipinski definition) is 3. The largest absolute Gasteiger partial charge is 0.365 e. The fourth-order valence-electron chi connectivity index (χ4n) is 2.24. The van der Waals surface area contributed by atoms with Gasteiger partial charge < -0.3 is 16.0 Å². The van der Waals surface area contributed by atoms with Crippen LogP contribution in [0.5, 0.6) is 0 Å². The SMILES string of the molecule is CNC(=O)CN(C)c1ccc(CN)c2ccccc12. The predicted octanol–water partition coefficient (Wildman–Crippen LogP) is 1.48. The van der Waals surface area contributed by atoms with Crippen molar-refractivity contribution in [3.05, 3.63) is 42.0 Å². The van der Waals surface area contributed by atoms with E-state index < -0.39 is 0 Å². The van der Waals surface area contributed by atoms with Crippen molar-refractivity contribution in [1.82, 2.24) is 5.32 Å². The van der Waals surface area contributed by atoms with Crippen molar-refractivity contribution in [3.8, 4) is 0 Å². The quantitative estimate of drug-likeness (QED) is 0.872. The van der Waals surface area contributed by atoms with Crippen molar-refractivity contribution < 1.29 is 4.79 Å². The van der Waals surface area contributed by atoms with Gasteiger partial charge in [0.05, 0.1) is 6.54 Å². The summed E-state index contributed by atoms with van der Waals surface area (Å²) in [6.45, 7) is 0.850. The summed E-state index contributed by atoms with van der Waals surface area (Å²) in [6.07, 6.45) is 0. The average molecular weight is 257 g/mol. The summed E-state index contributed by atoms with van der Waals surface area (Å²) in [5.74, 6) is -0.00511. The smallest absolute Gasteiger partial charge is 0.239 e. The second-order valence-electron chi connectivity index (χ2n) is 4.52. The Bertz CT molecular complexity index is 595. The van der Waals surface area contributed by atoms with Gasteiger partial charge in [0.2, 0.25) is 5.91 Å². The predicted molar refractivity (Wildman–Crippen MR) is 79.2 cm³/mol. The van der Waals surface area contributed by atoms with Crippen molar-refractivity contribution in [2.45, 2.75) is 6.54 Å². The molecular weight excluding hydrogens is 238 g/mol. The number of hydrogen-bond donors (Lipinski definition) is 2. The first kappa shape index (κ1) is 13.4. The number of carbonyl (C=O) groups is 1. The molecule has 1 amide bonds. The topological polar surface area (TPSA) is 58.4 Å². The maximum atomic E-state index is 11.5. The third-order valence-corrected chi connectivity index (χ3v) is 3.28. The number of nitrogens with one attached hydrogen (secondary N) is 1. The van der Waals surface area contributed by atoms with E-state index in [1.165, 1.54) is 0 Å². The van der Waals surface area contributed by atoms with Gasteiger partial charge in [-0.05, 0) is 17.0 Å². The van der Waals surface area contributed by atoms with Crippen LogP contribution in [0.15, 0.2) is 36.4 Å². The molecule has 19 heavy (non-hydrogen) atoms. The highest BCUT2D eigenvalue weighted by molar-refractivity contribution is 5.97. The Morgan fingerprint density at radius 1 is 1.21 bits per heavy atom. The van der Waals surface area contributed by atoms with Gasteiger partial charge in [0.15, 0.2) is 0 Å². The van der Waals surface area contributed by atoms with Crippen LogP contribution in [0.4, 0.5) is 5.69 Å². The molecule has 2 aromatic rings. The van der Waals surface area contributed by atoms with Crippen molar-refractivity contribution in [1.29, 1.82) is 0 Å². The maximum absolute atomic E-state index is 11.5. The van der Waals surface area contributed by atoms with Crippen LogP contribution in [0.2, 0.25) is 0 Å². The minimum absolute atomic E-state index is 0.00511.